The van der Waals surface area contributed by atoms with Gasteiger partial charge in [0.25, 0.3) is 0 Å². The third-order valence-electron chi connectivity index (χ3n) is 3.86. The molecule has 1 aliphatic carbocycles. The van der Waals surface area contributed by atoms with E-state index in [1.54, 1.807) is 0 Å². The minimum absolute atomic E-state index is 0.0684. The normalized spacial score (nSPS) is 28.4. The van der Waals surface area contributed by atoms with Crippen molar-refractivity contribution in [3.63, 3.8) is 0 Å². The second kappa shape index (κ2) is 4.05. The fraction of sp³-hybridized carbons (Fsp3) is 0.571. The SMILES string of the molecule is CC1(C)CCC(Oc2ccc3c(c2)OCO3)C1O. The molecule has 0 bridgehead atoms. The first-order chi connectivity index (χ1) is 8.56. The lowest BCUT2D eigenvalue weighted by molar-refractivity contribution is 0.00487. The molecule has 0 saturated heterocycles. The molecule has 1 aliphatic heterocycles. The molecule has 0 spiro atoms. The van der Waals surface area contributed by atoms with E-state index in [-0.39, 0.29) is 18.3 Å². The molecule has 1 heterocycles. The Hall–Kier alpha value is -1.42. The van der Waals surface area contributed by atoms with Gasteiger partial charge < -0.3 is 19.3 Å². The van der Waals surface area contributed by atoms with Crippen LogP contribution in [0.15, 0.2) is 18.2 Å². The van der Waals surface area contributed by atoms with Crippen LogP contribution in [-0.2, 0) is 0 Å². The van der Waals surface area contributed by atoms with Crippen molar-refractivity contribution in [3.05, 3.63) is 18.2 Å². The Morgan fingerprint density at radius 2 is 2.06 bits per heavy atom. The van der Waals surface area contributed by atoms with Crippen molar-refractivity contribution >= 4 is 0 Å². The highest BCUT2D eigenvalue weighted by Crippen LogP contribution is 2.41. The van der Waals surface area contributed by atoms with E-state index in [2.05, 4.69) is 13.8 Å². The largest absolute Gasteiger partial charge is 0.488 e. The zero-order valence-electron chi connectivity index (χ0n) is 10.7. The minimum atomic E-state index is -0.428. The van der Waals surface area contributed by atoms with E-state index < -0.39 is 6.10 Å². The molecule has 2 atom stereocenters. The summed E-state index contributed by atoms with van der Waals surface area (Å²) < 4.78 is 16.4. The standard InChI is InChI=1S/C14H18O4/c1-14(2)6-5-11(13(14)15)18-9-3-4-10-12(7-9)17-8-16-10/h3-4,7,11,13,15H,5-6,8H2,1-2H3. The Morgan fingerprint density at radius 3 is 2.78 bits per heavy atom. The Morgan fingerprint density at radius 1 is 1.28 bits per heavy atom. The van der Waals surface area contributed by atoms with Crippen LogP contribution in [0.4, 0.5) is 0 Å². The first kappa shape index (κ1) is 11.7. The number of aliphatic hydroxyl groups excluding tert-OH is 1. The van der Waals surface area contributed by atoms with Crippen molar-refractivity contribution in [1.82, 2.24) is 0 Å². The second-order valence-electron chi connectivity index (χ2n) is 5.64. The van der Waals surface area contributed by atoms with Crippen LogP contribution in [-0.4, -0.2) is 24.1 Å². The van der Waals surface area contributed by atoms with Crippen molar-refractivity contribution in [2.75, 3.05) is 6.79 Å². The summed E-state index contributed by atoms with van der Waals surface area (Å²) in [5.41, 5.74) is -0.0684. The average Bonchev–Trinajstić information content (AvgIpc) is 2.89. The van der Waals surface area contributed by atoms with E-state index in [4.69, 9.17) is 14.2 Å². The van der Waals surface area contributed by atoms with Gasteiger partial charge in [-0.15, -0.1) is 0 Å². The van der Waals surface area contributed by atoms with Crippen LogP contribution in [0.2, 0.25) is 0 Å². The summed E-state index contributed by atoms with van der Waals surface area (Å²) in [6.45, 7) is 4.40. The summed E-state index contributed by atoms with van der Waals surface area (Å²) in [6, 6.07) is 5.51. The third kappa shape index (κ3) is 1.90. The number of hydrogen-bond acceptors (Lipinski definition) is 4. The summed E-state index contributed by atoms with van der Waals surface area (Å²) >= 11 is 0. The number of rotatable bonds is 2. The van der Waals surface area contributed by atoms with Crippen molar-refractivity contribution in [1.29, 1.82) is 0 Å². The maximum absolute atomic E-state index is 10.2. The van der Waals surface area contributed by atoms with E-state index in [1.807, 2.05) is 18.2 Å². The van der Waals surface area contributed by atoms with Gasteiger partial charge in [-0.3, -0.25) is 0 Å². The Balaban J connectivity index is 1.74. The second-order valence-corrected chi connectivity index (χ2v) is 5.64. The average molecular weight is 250 g/mol. The predicted octanol–water partition coefficient (Wildman–Crippen LogP) is 2.34. The van der Waals surface area contributed by atoms with Gasteiger partial charge in [0.2, 0.25) is 6.79 Å². The van der Waals surface area contributed by atoms with Crippen LogP contribution in [0.25, 0.3) is 0 Å². The number of fused-ring (bicyclic) bond motifs is 1. The molecule has 2 aliphatic rings. The zero-order chi connectivity index (χ0) is 12.8. The fourth-order valence-corrected chi connectivity index (χ4v) is 2.57. The van der Waals surface area contributed by atoms with Gasteiger partial charge in [0, 0.05) is 6.07 Å². The molecule has 2 unspecified atom stereocenters. The molecule has 3 rings (SSSR count). The minimum Gasteiger partial charge on any atom is -0.488 e. The molecule has 4 heteroatoms. The molecule has 1 saturated carbocycles. The van der Waals surface area contributed by atoms with Gasteiger partial charge in [-0.2, -0.15) is 0 Å². The van der Waals surface area contributed by atoms with E-state index in [0.29, 0.717) is 5.75 Å². The number of aliphatic hydroxyl groups is 1. The Kier molecular flexibility index (Phi) is 2.63. The Bertz CT molecular complexity index is 455. The van der Waals surface area contributed by atoms with E-state index >= 15 is 0 Å². The number of benzene rings is 1. The molecule has 18 heavy (non-hydrogen) atoms. The summed E-state index contributed by atoms with van der Waals surface area (Å²) in [4.78, 5) is 0. The first-order valence-corrected chi connectivity index (χ1v) is 6.31. The topological polar surface area (TPSA) is 47.9 Å². The van der Waals surface area contributed by atoms with E-state index in [9.17, 15) is 5.11 Å². The lowest BCUT2D eigenvalue weighted by Crippen LogP contribution is -2.34. The highest BCUT2D eigenvalue weighted by atomic mass is 16.7. The quantitative estimate of drug-likeness (QED) is 0.875. The van der Waals surface area contributed by atoms with Gasteiger partial charge >= 0.3 is 0 Å². The Labute approximate surface area is 106 Å². The van der Waals surface area contributed by atoms with Crippen LogP contribution in [0.3, 0.4) is 0 Å². The van der Waals surface area contributed by atoms with Gasteiger partial charge in [0.05, 0.1) is 6.10 Å². The maximum Gasteiger partial charge on any atom is 0.231 e. The van der Waals surface area contributed by atoms with E-state index in [1.165, 1.54) is 0 Å². The molecule has 0 amide bonds. The summed E-state index contributed by atoms with van der Waals surface area (Å²) in [5, 5.41) is 10.2. The highest BCUT2D eigenvalue weighted by molar-refractivity contribution is 5.47. The zero-order valence-corrected chi connectivity index (χ0v) is 10.7. The molecule has 4 nitrogen and oxygen atoms in total. The molecule has 0 radical (unpaired) electrons. The molecule has 1 N–H and O–H groups in total. The van der Waals surface area contributed by atoms with Gasteiger partial charge in [0.1, 0.15) is 11.9 Å². The predicted molar refractivity (Wildman–Crippen MR) is 66.0 cm³/mol. The van der Waals surface area contributed by atoms with Crippen molar-refractivity contribution in [2.45, 2.75) is 38.9 Å². The van der Waals surface area contributed by atoms with Crippen molar-refractivity contribution in [2.24, 2.45) is 5.41 Å². The number of hydrogen-bond donors (Lipinski definition) is 1. The summed E-state index contributed by atoms with van der Waals surface area (Å²) in [6.07, 6.45) is 1.29. The van der Waals surface area contributed by atoms with E-state index in [0.717, 1.165) is 24.3 Å². The molecular formula is C14H18O4. The molecule has 0 aromatic heterocycles. The van der Waals surface area contributed by atoms with Gasteiger partial charge in [-0.1, -0.05) is 13.8 Å². The molecule has 1 aromatic carbocycles. The smallest absolute Gasteiger partial charge is 0.231 e. The molecule has 1 aromatic rings. The fourth-order valence-electron chi connectivity index (χ4n) is 2.57. The molecule has 1 fully saturated rings. The van der Waals surface area contributed by atoms with Gasteiger partial charge in [0.15, 0.2) is 11.5 Å². The van der Waals surface area contributed by atoms with Crippen LogP contribution in [0.1, 0.15) is 26.7 Å². The van der Waals surface area contributed by atoms with Crippen molar-refractivity contribution in [3.8, 4) is 17.2 Å². The molecular weight excluding hydrogens is 232 g/mol. The van der Waals surface area contributed by atoms with Crippen LogP contribution >= 0.6 is 0 Å². The monoisotopic (exact) mass is 250 g/mol. The first-order valence-electron chi connectivity index (χ1n) is 6.31. The summed E-state index contributed by atoms with van der Waals surface area (Å²) in [7, 11) is 0. The molecule has 98 valence electrons. The number of ether oxygens (including phenoxy) is 3. The lowest BCUT2D eigenvalue weighted by Gasteiger charge is -2.25. The van der Waals surface area contributed by atoms with Crippen LogP contribution in [0, 0.1) is 5.41 Å². The maximum atomic E-state index is 10.2. The third-order valence-corrected chi connectivity index (χ3v) is 3.86. The van der Waals surface area contributed by atoms with Gasteiger partial charge in [-0.05, 0) is 30.4 Å². The lowest BCUT2D eigenvalue weighted by atomic mass is 9.89. The highest BCUT2D eigenvalue weighted by Gasteiger charge is 2.42. The van der Waals surface area contributed by atoms with Crippen molar-refractivity contribution < 1.29 is 19.3 Å². The van der Waals surface area contributed by atoms with Crippen LogP contribution in [0.5, 0.6) is 17.2 Å². The van der Waals surface area contributed by atoms with Gasteiger partial charge in [-0.25, -0.2) is 0 Å². The van der Waals surface area contributed by atoms with Crippen LogP contribution < -0.4 is 14.2 Å². The summed E-state index contributed by atoms with van der Waals surface area (Å²) in [5.74, 6) is 2.18.